The number of urea groups is 1. The quantitative estimate of drug-likeness (QED) is 0.807. The van der Waals surface area contributed by atoms with Crippen LogP contribution in [-0.2, 0) is 9.84 Å². The number of carbonyl (C=O) groups is 1. The van der Waals surface area contributed by atoms with Crippen molar-refractivity contribution in [2.75, 3.05) is 31.6 Å². The first-order valence-corrected chi connectivity index (χ1v) is 9.88. The molecule has 1 atom stereocenters. The Kier molecular flexibility index (Phi) is 5.67. The molecule has 5 nitrogen and oxygen atoms in total. The Morgan fingerprint density at radius 3 is 2.86 bits per heavy atom. The molecule has 6 heteroatoms. The largest absolute Gasteiger partial charge is 0.334 e. The zero-order valence-electron chi connectivity index (χ0n) is 12.8. The number of likely N-dealkylation sites (tertiary alicyclic amines) is 1. The maximum absolute atomic E-state index is 12.2. The fraction of sp³-hybridized carbons (Fsp3) is 0.800. The van der Waals surface area contributed by atoms with E-state index in [1.165, 1.54) is 24.7 Å². The van der Waals surface area contributed by atoms with Crippen LogP contribution in [0.4, 0.5) is 4.79 Å². The molecule has 0 spiro atoms. The predicted molar refractivity (Wildman–Crippen MR) is 84.0 cm³/mol. The van der Waals surface area contributed by atoms with E-state index in [0.29, 0.717) is 13.1 Å². The molecule has 0 aromatic rings. The summed E-state index contributed by atoms with van der Waals surface area (Å²) >= 11 is 0. The summed E-state index contributed by atoms with van der Waals surface area (Å²) in [4.78, 5) is 14.0. The fourth-order valence-electron chi connectivity index (χ4n) is 3.18. The molecule has 0 saturated carbocycles. The molecular weight excluding hydrogens is 288 g/mol. The van der Waals surface area contributed by atoms with E-state index in [1.807, 2.05) is 0 Å². The third-order valence-electron chi connectivity index (χ3n) is 4.20. The fourth-order valence-corrected chi connectivity index (χ4v) is 4.31. The van der Waals surface area contributed by atoms with E-state index in [-0.39, 0.29) is 17.7 Å². The Labute approximate surface area is 127 Å². The van der Waals surface area contributed by atoms with Gasteiger partial charge < -0.3 is 10.2 Å². The highest BCUT2D eigenvalue weighted by atomic mass is 32.2. The lowest BCUT2D eigenvalue weighted by atomic mass is 9.99. The summed E-state index contributed by atoms with van der Waals surface area (Å²) in [6, 6.07) is -0.0559. The van der Waals surface area contributed by atoms with Crippen molar-refractivity contribution in [2.24, 2.45) is 5.92 Å². The molecule has 0 bridgehead atoms. The number of amides is 2. The average Bonchev–Trinajstić information content (AvgIpc) is 2.44. The lowest BCUT2D eigenvalue weighted by Gasteiger charge is -2.32. The van der Waals surface area contributed by atoms with Crippen molar-refractivity contribution in [3.8, 4) is 0 Å². The van der Waals surface area contributed by atoms with Crippen molar-refractivity contribution < 1.29 is 13.2 Å². The number of sulfone groups is 1. The monoisotopic (exact) mass is 314 g/mol. The minimum atomic E-state index is -2.97. The molecule has 1 saturated heterocycles. The maximum atomic E-state index is 12.2. The molecule has 0 aromatic carbocycles. The van der Waals surface area contributed by atoms with E-state index in [0.717, 1.165) is 32.2 Å². The summed E-state index contributed by atoms with van der Waals surface area (Å²) in [5.41, 5.74) is 1.32. The van der Waals surface area contributed by atoms with Gasteiger partial charge in [0.25, 0.3) is 0 Å². The first-order chi connectivity index (χ1) is 9.94. The van der Waals surface area contributed by atoms with Crippen LogP contribution in [0.25, 0.3) is 0 Å². The normalized spacial score (nSPS) is 23.6. The highest BCUT2D eigenvalue weighted by Gasteiger charge is 2.26. The summed E-state index contributed by atoms with van der Waals surface area (Å²) in [5.74, 6) is 0.260. The Morgan fingerprint density at radius 1 is 1.38 bits per heavy atom. The van der Waals surface area contributed by atoms with Gasteiger partial charge in [0.05, 0.1) is 5.75 Å². The third-order valence-corrected chi connectivity index (χ3v) is 5.27. The van der Waals surface area contributed by atoms with Gasteiger partial charge in [-0.25, -0.2) is 13.2 Å². The van der Waals surface area contributed by atoms with Gasteiger partial charge in [0.2, 0.25) is 0 Å². The number of allylic oxidation sites excluding steroid dienone is 1. The second-order valence-electron chi connectivity index (χ2n) is 6.31. The summed E-state index contributed by atoms with van der Waals surface area (Å²) < 4.78 is 22.8. The molecule has 21 heavy (non-hydrogen) atoms. The summed E-state index contributed by atoms with van der Waals surface area (Å²) in [7, 11) is -2.97. The number of carbonyl (C=O) groups excluding carboxylic acids is 1. The van der Waals surface area contributed by atoms with E-state index >= 15 is 0 Å². The molecule has 1 N–H and O–H groups in total. The average molecular weight is 314 g/mol. The number of hydrogen-bond acceptors (Lipinski definition) is 3. The maximum Gasteiger partial charge on any atom is 0.317 e. The van der Waals surface area contributed by atoms with Gasteiger partial charge >= 0.3 is 6.03 Å². The van der Waals surface area contributed by atoms with Crippen molar-refractivity contribution in [3.63, 3.8) is 0 Å². The molecule has 0 radical (unpaired) electrons. The Hall–Kier alpha value is -1.04. The number of piperidine rings is 1. The van der Waals surface area contributed by atoms with E-state index in [4.69, 9.17) is 0 Å². The van der Waals surface area contributed by atoms with Crippen molar-refractivity contribution in [1.82, 2.24) is 10.2 Å². The first-order valence-electron chi connectivity index (χ1n) is 7.82. The lowest BCUT2D eigenvalue weighted by molar-refractivity contribution is 0.171. The topological polar surface area (TPSA) is 66.5 Å². The molecule has 2 amide bonds. The second-order valence-corrected chi connectivity index (χ2v) is 8.50. The number of nitrogens with zero attached hydrogens (tertiary/aromatic N) is 1. The Bertz CT molecular complexity index is 499. The third kappa shape index (κ3) is 5.69. The molecule has 120 valence electrons. The minimum absolute atomic E-state index is 0.0559. The van der Waals surface area contributed by atoms with Gasteiger partial charge in [-0.2, -0.15) is 0 Å². The van der Waals surface area contributed by atoms with Crippen molar-refractivity contribution in [2.45, 2.75) is 38.5 Å². The smallest absolute Gasteiger partial charge is 0.317 e. The second kappa shape index (κ2) is 7.29. The van der Waals surface area contributed by atoms with E-state index in [2.05, 4.69) is 11.4 Å². The molecule has 1 heterocycles. The van der Waals surface area contributed by atoms with E-state index in [9.17, 15) is 13.2 Å². The van der Waals surface area contributed by atoms with Gasteiger partial charge in [-0.05, 0) is 44.4 Å². The van der Waals surface area contributed by atoms with Crippen LogP contribution in [0.3, 0.4) is 0 Å². The van der Waals surface area contributed by atoms with Crippen molar-refractivity contribution in [1.29, 1.82) is 0 Å². The summed E-state index contributed by atoms with van der Waals surface area (Å²) in [6.45, 7) is 1.91. The van der Waals surface area contributed by atoms with Crippen LogP contribution in [0.2, 0.25) is 0 Å². The van der Waals surface area contributed by atoms with Crippen LogP contribution < -0.4 is 5.32 Å². The van der Waals surface area contributed by atoms with Crippen LogP contribution in [0, 0.1) is 5.92 Å². The minimum Gasteiger partial charge on any atom is -0.334 e. The van der Waals surface area contributed by atoms with E-state index in [1.54, 1.807) is 4.90 Å². The van der Waals surface area contributed by atoms with Crippen LogP contribution in [-0.4, -0.2) is 51.0 Å². The predicted octanol–water partition coefficient (Wildman–Crippen LogP) is 1.95. The van der Waals surface area contributed by atoms with Crippen molar-refractivity contribution >= 4 is 15.9 Å². The van der Waals surface area contributed by atoms with E-state index < -0.39 is 9.84 Å². The van der Waals surface area contributed by atoms with Gasteiger partial charge in [0.1, 0.15) is 9.84 Å². The highest BCUT2D eigenvalue weighted by molar-refractivity contribution is 7.90. The lowest BCUT2D eigenvalue weighted by Crippen LogP contribution is -2.47. The molecule has 2 aliphatic rings. The molecule has 1 unspecified atom stereocenters. The van der Waals surface area contributed by atoms with Gasteiger partial charge in [0.15, 0.2) is 0 Å². The molecule has 2 rings (SSSR count). The number of nitrogens with one attached hydrogen (secondary N) is 1. The van der Waals surface area contributed by atoms with Gasteiger partial charge in [-0.15, -0.1) is 0 Å². The molecule has 0 aromatic heterocycles. The first kappa shape index (κ1) is 16.3. The highest BCUT2D eigenvalue weighted by Crippen LogP contribution is 2.19. The van der Waals surface area contributed by atoms with Gasteiger partial charge in [0, 0.05) is 25.9 Å². The SMILES string of the molecule is CS(=O)(=O)CC1CCCN(C(=O)NCC2=CCCCC2)C1. The molecule has 1 aliphatic heterocycles. The van der Waals surface area contributed by atoms with Crippen LogP contribution in [0.5, 0.6) is 0 Å². The van der Waals surface area contributed by atoms with Crippen LogP contribution in [0.1, 0.15) is 38.5 Å². The Balaban J connectivity index is 1.80. The zero-order chi connectivity index (χ0) is 15.3. The van der Waals surface area contributed by atoms with Gasteiger partial charge in [-0.3, -0.25) is 0 Å². The summed E-state index contributed by atoms with van der Waals surface area (Å²) in [5, 5.41) is 2.97. The van der Waals surface area contributed by atoms with Crippen molar-refractivity contribution in [3.05, 3.63) is 11.6 Å². The van der Waals surface area contributed by atoms with Gasteiger partial charge in [-0.1, -0.05) is 11.6 Å². The zero-order valence-corrected chi connectivity index (χ0v) is 13.6. The molecule has 1 fully saturated rings. The Morgan fingerprint density at radius 2 is 2.19 bits per heavy atom. The summed E-state index contributed by atoms with van der Waals surface area (Å²) in [6.07, 6.45) is 9.92. The molecular formula is C15H26N2O3S. The number of hydrogen-bond donors (Lipinski definition) is 1. The molecule has 1 aliphatic carbocycles. The van der Waals surface area contributed by atoms with Crippen LogP contribution >= 0.6 is 0 Å². The standard InChI is InChI=1S/C15H26N2O3S/c1-21(19,20)12-14-8-5-9-17(11-14)15(18)16-10-13-6-3-2-4-7-13/h6,14H,2-5,7-12H2,1H3,(H,16,18). The number of rotatable bonds is 4. The van der Waals surface area contributed by atoms with Crippen LogP contribution in [0.15, 0.2) is 11.6 Å².